The van der Waals surface area contributed by atoms with Crippen LogP contribution in [-0.4, -0.2) is 20.9 Å². The monoisotopic (exact) mass is 395 g/mol. The van der Waals surface area contributed by atoms with Crippen LogP contribution in [0.5, 0.6) is 0 Å². The van der Waals surface area contributed by atoms with E-state index in [1.54, 1.807) is 18.6 Å². The van der Waals surface area contributed by atoms with E-state index < -0.39 is 0 Å². The van der Waals surface area contributed by atoms with Gasteiger partial charge in [-0.1, -0.05) is 54.6 Å². The molecule has 2 heterocycles. The summed E-state index contributed by atoms with van der Waals surface area (Å²) in [5, 5.41) is 2.84. The van der Waals surface area contributed by atoms with Crippen molar-refractivity contribution in [2.45, 2.75) is 13.1 Å². The van der Waals surface area contributed by atoms with E-state index >= 15 is 0 Å². The molecule has 1 amide bonds. The summed E-state index contributed by atoms with van der Waals surface area (Å²) in [7, 11) is 0. The zero-order valence-corrected chi connectivity index (χ0v) is 16.3. The third-order valence-corrected chi connectivity index (χ3v) is 4.57. The van der Waals surface area contributed by atoms with Crippen LogP contribution in [0.1, 0.15) is 21.6 Å². The number of anilines is 2. The van der Waals surface area contributed by atoms with Crippen LogP contribution in [0, 0.1) is 0 Å². The van der Waals surface area contributed by atoms with Crippen LogP contribution in [-0.2, 0) is 13.1 Å². The number of rotatable bonds is 7. The molecule has 0 aliphatic carbocycles. The van der Waals surface area contributed by atoms with Gasteiger partial charge >= 0.3 is 0 Å². The van der Waals surface area contributed by atoms with Gasteiger partial charge < -0.3 is 10.2 Å². The minimum atomic E-state index is -0.271. The van der Waals surface area contributed by atoms with Gasteiger partial charge in [0.15, 0.2) is 5.82 Å². The molecule has 0 radical (unpaired) electrons. The summed E-state index contributed by atoms with van der Waals surface area (Å²) < 4.78 is 0. The molecule has 2 aromatic carbocycles. The number of benzene rings is 2. The molecule has 0 spiro atoms. The first-order valence-corrected chi connectivity index (χ1v) is 9.65. The summed E-state index contributed by atoms with van der Waals surface area (Å²) in [6.45, 7) is 1.03. The number of carbonyl (C=O) groups excluding carboxylic acids is 1. The lowest BCUT2D eigenvalue weighted by atomic mass is 10.2. The fourth-order valence-electron chi connectivity index (χ4n) is 3.03. The summed E-state index contributed by atoms with van der Waals surface area (Å²) in [4.78, 5) is 27.4. The number of carbonyl (C=O) groups is 1. The predicted octanol–water partition coefficient (Wildman–Crippen LogP) is 4.14. The molecule has 0 unspecified atom stereocenters. The normalized spacial score (nSPS) is 10.4. The van der Waals surface area contributed by atoms with E-state index in [1.165, 1.54) is 6.20 Å². The van der Waals surface area contributed by atoms with Crippen molar-refractivity contribution in [1.82, 2.24) is 20.3 Å². The van der Waals surface area contributed by atoms with E-state index in [2.05, 4.69) is 37.3 Å². The fourth-order valence-corrected chi connectivity index (χ4v) is 3.03. The number of amides is 1. The van der Waals surface area contributed by atoms with Gasteiger partial charge in [0.05, 0.1) is 12.4 Å². The van der Waals surface area contributed by atoms with E-state index in [4.69, 9.17) is 0 Å². The van der Waals surface area contributed by atoms with Gasteiger partial charge in [-0.2, -0.15) is 0 Å². The summed E-state index contributed by atoms with van der Waals surface area (Å²) in [6.07, 6.45) is 6.56. The van der Waals surface area contributed by atoms with Crippen molar-refractivity contribution < 1.29 is 4.79 Å². The molecule has 148 valence electrons. The number of pyridine rings is 1. The van der Waals surface area contributed by atoms with Gasteiger partial charge in [0, 0.05) is 31.2 Å². The van der Waals surface area contributed by atoms with Crippen LogP contribution < -0.4 is 10.2 Å². The third kappa shape index (κ3) is 4.86. The SMILES string of the molecule is O=C(NCc1cccnc1)c1cnc(N(Cc2ccccc2)c2ccccc2)cn1. The number of aromatic nitrogens is 3. The molecule has 0 fully saturated rings. The average Bonchev–Trinajstić information content (AvgIpc) is 2.83. The zero-order chi connectivity index (χ0) is 20.6. The Bertz CT molecular complexity index is 1070. The Labute approximate surface area is 175 Å². The van der Waals surface area contributed by atoms with Gasteiger partial charge in [0.1, 0.15) is 5.69 Å². The molecular formula is C24H21N5O. The van der Waals surface area contributed by atoms with Crippen LogP contribution in [0.3, 0.4) is 0 Å². The number of para-hydroxylation sites is 1. The minimum absolute atomic E-state index is 0.271. The summed E-state index contributed by atoms with van der Waals surface area (Å²) in [5.74, 6) is 0.404. The molecule has 0 saturated heterocycles. The Morgan fingerprint density at radius 3 is 2.20 bits per heavy atom. The number of nitrogens with one attached hydrogen (secondary N) is 1. The molecule has 0 bridgehead atoms. The Hall–Kier alpha value is -4.06. The highest BCUT2D eigenvalue weighted by Gasteiger charge is 2.14. The molecule has 6 heteroatoms. The van der Waals surface area contributed by atoms with E-state index in [-0.39, 0.29) is 11.6 Å². The third-order valence-electron chi connectivity index (χ3n) is 4.57. The van der Waals surface area contributed by atoms with Gasteiger partial charge in [0.2, 0.25) is 0 Å². The molecule has 0 saturated carbocycles. The number of hydrogen-bond donors (Lipinski definition) is 1. The molecule has 30 heavy (non-hydrogen) atoms. The molecular weight excluding hydrogens is 374 g/mol. The summed E-state index contributed by atoms with van der Waals surface area (Å²) in [5.41, 5.74) is 3.36. The van der Waals surface area contributed by atoms with E-state index in [1.807, 2.05) is 60.7 Å². The molecule has 2 aromatic heterocycles. The smallest absolute Gasteiger partial charge is 0.271 e. The first kappa shape index (κ1) is 19.3. The van der Waals surface area contributed by atoms with E-state index in [9.17, 15) is 4.79 Å². The molecule has 1 N–H and O–H groups in total. The zero-order valence-electron chi connectivity index (χ0n) is 16.3. The van der Waals surface area contributed by atoms with Crippen molar-refractivity contribution in [3.63, 3.8) is 0 Å². The molecule has 4 rings (SSSR count). The Kier molecular flexibility index (Phi) is 6.05. The molecule has 0 atom stereocenters. The van der Waals surface area contributed by atoms with Gasteiger partial charge in [-0.05, 0) is 29.3 Å². The standard InChI is InChI=1S/C24H21N5O/c30-24(28-15-20-10-7-13-25-14-20)22-16-27-23(17-26-22)29(21-11-5-2-6-12-21)18-19-8-3-1-4-9-19/h1-14,16-17H,15,18H2,(H,28,30). The van der Waals surface area contributed by atoms with Crippen LogP contribution >= 0.6 is 0 Å². The quantitative estimate of drug-likeness (QED) is 0.509. The topological polar surface area (TPSA) is 71.0 Å². The first-order valence-electron chi connectivity index (χ1n) is 9.65. The van der Waals surface area contributed by atoms with Crippen LogP contribution in [0.4, 0.5) is 11.5 Å². The summed E-state index contributed by atoms with van der Waals surface area (Å²) in [6, 6.07) is 23.9. The maximum Gasteiger partial charge on any atom is 0.271 e. The van der Waals surface area contributed by atoms with Crippen molar-refractivity contribution in [2.24, 2.45) is 0 Å². The lowest BCUT2D eigenvalue weighted by Gasteiger charge is -2.23. The first-order chi connectivity index (χ1) is 14.8. The highest BCUT2D eigenvalue weighted by atomic mass is 16.1. The van der Waals surface area contributed by atoms with Crippen molar-refractivity contribution in [1.29, 1.82) is 0 Å². The Morgan fingerprint density at radius 1 is 0.800 bits per heavy atom. The fraction of sp³-hybridized carbons (Fsp3) is 0.0833. The maximum atomic E-state index is 12.4. The Balaban J connectivity index is 1.51. The van der Waals surface area contributed by atoms with Crippen LogP contribution in [0.15, 0.2) is 97.6 Å². The maximum absolute atomic E-state index is 12.4. The van der Waals surface area contributed by atoms with Crippen molar-refractivity contribution >= 4 is 17.4 Å². The molecule has 6 nitrogen and oxygen atoms in total. The van der Waals surface area contributed by atoms with Gasteiger partial charge in [0.25, 0.3) is 5.91 Å². The van der Waals surface area contributed by atoms with Crippen LogP contribution in [0.2, 0.25) is 0 Å². The molecule has 0 aliphatic rings. The van der Waals surface area contributed by atoms with Crippen molar-refractivity contribution in [3.05, 3.63) is 114 Å². The average molecular weight is 395 g/mol. The highest BCUT2D eigenvalue weighted by molar-refractivity contribution is 5.92. The Morgan fingerprint density at radius 2 is 1.53 bits per heavy atom. The van der Waals surface area contributed by atoms with E-state index in [0.717, 1.165) is 16.8 Å². The van der Waals surface area contributed by atoms with Crippen molar-refractivity contribution in [2.75, 3.05) is 4.90 Å². The lowest BCUT2D eigenvalue weighted by Crippen LogP contribution is -2.24. The predicted molar refractivity (Wildman–Crippen MR) is 116 cm³/mol. The van der Waals surface area contributed by atoms with E-state index in [0.29, 0.717) is 18.9 Å². The molecule has 4 aromatic rings. The molecule has 0 aliphatic heterocycles. The number of nitrogens with zero attached hydrogens (tertiary/aromatic N) is 4. The van der Waals surface area contributed by atoms with Crippen LogP contribution in [0.25, 0.3) is 0 Å². The van der Waals surface area contributed by atoms with Crippen molar-refractivity contribution in [3.8, 4) is 0 Å². The lowest BCUT2D eigenvalue weighted by molar-refractivity contribution is 0.0945. The summed E-state index contributed by atoms with van der Waals surface area (Å²) >= 11 is 0. The second-order valence-corrected chi connectivity index (χ2v) is 6.71. The largest absolute Gasteiger partial charge is 0.347 e. The minimum Gasteiger partial charge on any atom is -0.347 e. The second kappa shape index (κ2) is 9.43. The van der Waals surface area contributed by atoms with Gasteiger partial charge in [-0.15, -0.1) is 0 Å². The number of hydrogen-bond acceptors (Lipinski definition) is 5. The van der Waals surface area contributed by atoms with Gasteiger partial charge in [-0.3, -0.25) is 9.78 Å². The second-order valence-electron chi connectivity index (χ2n) is 6.71. The van der Waals surface area contributed by atoms with Gasteiger partial charge in [-0.25, -0.2) is 9.97 Å². The highest BCUT2D eigenvalue weighted by Crippen LogP contribution is 2.25.